The van der Waals surface area contributed by atoms with Gasteiger partial charge >= 0.3 is 5.69 Å². The summed E-state index contributed by atoms with van der Waals surface area (Å²) in [7, 11) is 4.29. The maximum Gasteiger partial charge on any atom is 0.333 e. The molecule has 0 unspecified atom stereocenters. The lowest BCUT2D eigenvalue weighted by Crippen LogP contribution is -2.38. The Morgan fingerprint density at radius 3 is 2.75 bits per heavy atom. The summed E-state index contributed by atoms with van der Waals surface area (Å²) < 4.78 is 7.93. The predicted molar refractivity (Wildman–Crippen MR) is 92.0 cm³/mol. The van der Waals surface area contributed by atoms with Crippen LogP contribution in [0, 0.1) is 0 Å². The highest BCUT2D eigenvalue weighted by Gasteiger charge is 2.13. The fourth-order valence-electron chi connectivity index (χ4n) is 2.17. The molecule has 3 aromatic rings. The summed E-state index contributed by atoms with van der Waals surface area (Å²) in [4.78, 5) is 32.3. The molecule has 0 aliphatic carbocycles. The summed E-state index contributed by atoms with van der Waals surface area (Å²) in [5, 5.41) is 10.4. The van der Waals surface area contributed by atoms with E-state index in [4.69, 9.17) is 4.74 Å². The monoisotopic (exact) mass is 346 g/mol. The second-order valence-corrected chi connectivity index (χ2v) is 6.04. The van der Waals surface area contributed by atoms with Crippen molar-refractivity contribution in [2.24, 2.45) is 19.1 Å². The van der Waals surface area contributed by atoms with E-state index in [2.05, 4.69) is 9.98 Å². The number of aromatic nitrogens is 3. The number of aromatic hydroxyl groups is 1. The highest BCUT2D eigenvalue weighted by molar-refractivity contribution is 7.22. The first-order valence-electron chi connectivity index (χ1n) is 6.90. The quantitative estimate of drug-likeness (QED) is 0.718. The van der Waals surface area contributed by atoms with Crippen molar-refractivity contribution in [3.63, 3.8) is 0 Å². The van der Waals surface area contributed by atoms with Gasteiger partial charge in [-0.1, -0.05) is 11.3 Å². The van der Waals surface area contributed by atoms with Crippen LogP contribution in [0.15, 0.2) is 32.8 Å². The van der Waals surface area contributed by atoms with E-state index in [1.54, 1.807) is 13.2 Å². The highest BCUT2D eigenvalue weighted by atomic mass is 32.1. The fraction of sp³-hybridized carbons (Fsp3) is 0.200. The maximum absolute atomic E-state index is 12.1. The van der Waals surface area contributed by atoms with E-state index in [-0.39, 0.29) is 5.56 Å². The first-order chi connectivity index (χ1) is 11.4. The van der Waals surface area contributed by atoms with E-state index >= 15 is 0 Å². The SMILES string of the molecule is COc1ccc2nc(N=Cc3c(O)n(C)c(=O)n(C)c3=O)sc2c1. The van der Waals surface area contributed by atoms with E-state index in [0.717, 1.165) is 19.4 Å². The van der Waals surface area contributed by atoms with Gasteiger partial charge in [0.25, 0.3) is 5.56 Å². The Bertz CT molecular complexity index is 1080. The molecule has 0 saturated heterocycles. The zero-order valence-electron chi connectivity index (χ0n) is 13.2. The van der Waals surface area contributed by atoms with Gasteiger partial charge < -0.3 is 9.84 Å². The number of hydrogen-bond donors (Lipinski definition) is 1. The summed E-state index contributed by atoms with van der Waals surface area (Å²) in [6.07, 6.45) is 1.21. The molecule has 0 aliphatic heterocycles. The molecular formula is C15H14N4O4S. The number of hydrogen-bond acceptors (Lipinski definition) is 7. The van der Waals surface area contributed by atoms with Crippen LogP contribution in [0.25, 0.3) is 10.2 Å². The van der Waals surface area contributed by atoms with Gasteiger partial charge in [-0.05, 0) is 18.2 Å². The third-order valence-electron chi connectivity index (χ3n) is 3.56. The molecule has 3 rings (SSSR count). The molecule has 0 radical (unpaired) electrons. The van der Waals surface area contributed by atoms with Crippen molar-refractivity contribution in [3.8, 4) is 11.6 Å². The molecule has 124 valence electrons. The Morgan fingerprint density at radius 1 is 1.29 bits per heavy atom. The van der Waals surface area contributed by atoms with Crippen LogP contribution in [0.1, 0.15) is 5.56 Å². The van der Waals surface area contributed by atoms with Gasteiger partial charge in [0.05, 0.1) is 17.3 Å². The highest BCUT2D eigenvalue weighted by Crippen LogP contribution is 2.30. The summed E-state index contributed by atoms with van der Waals surface area (Å²) in [6.45, 7) is 0. The second kappa shape index (κ2) is 5.93. The van der Waals surface area contributed by atoms with Crippen LogP contribution in [-0.4, -0.2) is 32.5 Å². The van der Waals surface area contributed by atoms with Crippen LogP contribution in [0.5, 0.6) is 11.6 Å². The van der Waals surface area contributed by atoms with Gasteiger partial charge in [0.15, 0.2) is 0 Å². The van der Waals surface area contributed by atoms with Gasteiger partial charge in [-0.2, -0.15) is 0 Å². The number of nitrogens with zero attached hydrogens (tertiary/aromatic N) is 4. The molecule has 2 heterocycles. The molecule has 0 aliphatic rings. The standard InChI is InChI=1S/C15H14N4O4S/c1-18-12(20)9(13(21)19(2)15(18)22)7-16-14-17-10-5-4-8(23-3)6-11(10)24-14/h4-7,20H,1-3H3. The number of rotatable bonds is 3. The summed E-state index contributed by atoms with van der Waals surface area (Å²) >= 11 is 1.32. The van der Waals surface area contributed by atoms with E-state index in [1.165, 1.54) is 31.6 Å². The van der Waals surface area contributed by atoms with Crippen LogP contribution in [0.2, 0.25) is 0 Å². The molecule has 0 spiro atoms. The molecule has 1 aromatic carbocycles. The van der Waals surface area contributed by atoms with Gasteiger partial charge in [-0.15, -0.1) is 0 Å². The summed E-state index contributed by atoms with van der Waals surface area (Å²) in [6, 6.07) is 5.45. The molecular weight excluding hydrogens is 332 g/mol. The lowest BCUT2D eigenvalue weighted by molar-refractivity contribution is 0.410. The van der Waals surface area contributed by atoms with Gasteiger partial charge in [0.2, 0.25) is 11.0 Å². The number of methoxy groups -OCH3 is 1. The van der Waals surface area contributed by atoms with E-state index < -0.39 is 17.1 Å². The Balaban J connectivity index is 2.06. The average molecular weight is 346 g/mol. The van der Waals surface area contributed by atoms with Crippen LogP contribution < -0.4 is 16.0 Å². The smallest absolute Gasteiger partial charge is 0.333 e. The molecule has 24 heavy (non-hydrogen) atoms. The van der Waals surface area contributed by atoms with Crippen molar-refractivity contribution in [2.75, 3.05) is 7.11 Å². The first-order valence-corrected chi connectivity index (χ1v) is 7.71. The molecule has 0 atom stereocenters. The molecule has 0 amide bonds. The van der Waals surface area contributed by atoms with Crippen LogP contribution in [-0.2, 0) is 14.1 Å². The number of fused-ring (bicyclic) bond motifs is 1. The second-order valence-electron chi connectivity index (χ2n) is 5.03. The summed E-state index contributed by atoms with van der Waals surface area (Å²) in [5.74, 6) is 0.279. The van der Waals surface area contributed by atoms with E-state index in [1.807, 2.05) is 12.1 Å². The average Bonchev–Trinajstić information content (AvgIpc) is 3.00. The minimum Gasteiger partial charge on any atom is -0.497 e. The normalized spacial score (nSPS) is 11.5. The van der Waals surface area contributed by atoms with Crippen molar-refractivity contribution < 1.29 is 9.84 Å². The molecule has 9 heteroatoms. The zero-order valence-corrected chi connectivity index (χ0v) is 14.0. The van der Waals surface area contributed by atoms with E-state index in [0.29, 0.717) is 10.9 Å². The van der Waals surface area contributed by atoms with E-state index in [9.17, 15) is 14.7 Å². The molecule has 1 N–H and O–H groups in total. The van der Waals surface area contributed by atoms with Gasteiger partial charge in [0, 0.05) is 20.3 Å². The van der Waals surface area contributed by atoms with Crippen molar-refractivity contribution in [1.82, 2.24) is 14.1 Å². The van der Waals surface area contributed by atoms with Gasteiger partial charge in [0.1, 0.15) is 11.3 Å². The zero-order chi connectivity index (χ0) is 17.4. The molecule has 0 fully saturated rings. The number of ether oxygens (including phenoxy) is 1. The van der Waals surface area contributed by atoms with Crippen LogP contribution >= 0.6 is 11.3 Å². The van der Waals surface area contributed by atoms with Gasteiger partial charge in [-0.3, -0.25) is 13.9 Å². The third-order valence-corrected chi connectivity index (χ3v) is 4.48. The lowest BCUT2D eigenvalue weighted by Gasteiger charge is -2.06. The number of thiazole rings is 1. The van der Waals surface area contributed by atoms with Crippen LogP contribution in [0.4, 0.5) is 5.13 Å². The Morgan fingerprint density at radius 2 is 2.04 bits per heavy atom. The van der Waals surface area contributed by atoms with Crippen LogP contribution in [0.3, 0.4) is 0 Å². The Kier molecular flexibility index (Phi) is 3.94. The topological polar surface area (TPSA) is 98.7 Å². The number of aliphatic imine (C=N–C) groups is 1. The summed E-state index contributed by atoms with van der Waals surface area (Å²) in [5.41, 5.74) is -0.550. The lowest BCUT2D eigenvalue weighted by atomic mass is 10.3. The van der Waals surface area contributed by atoms with Crippen molar-refractivity contribution in [1.29, 1.82) is 0 Å². The Hall–Kier alpha value is -2.94. The molecule has 0 saturated carbocycles. The van der Waals surface area contributed by atoms with Gasteiger partial charge in [-0.25, -0.2) is 14.8 Å². The largest absolute Gasteiger partial charge is 0.497 e. The Labute approximate surface area is 139 Å². The first kappa shape index (κ1) is 15.9. The maximum atomic E-state index is 12.1. The minimum absolute atomic E-state index is 0.0727. The fourth-order valence-corrected chi connectivity index (χ4v) is 3.01. The molecule has 8 nitrogen and oxygen atoms in total. The van der Waals surface area contributed by atoms with Crippen molar-refractivity contribution in [2.45, 2.75) is 0 Å². The minimum atomic E-state index is -0.623. The molecule has 2 aromatic heterocycles. The third kappa shape index (κ3) is 2.58. The predicted octanol–water partition coefficient (Wildman–Crippen LogP) is 1.16. The van der Waals surface area contributed by atoms with Crippen molar-refractivity contribution >= 4 is 32.9 Å². The molecule has 0 bridgehead atoms. The van der Waals surface area contributed by atoms with Crippen molar-refractivity contribution in [3.05, 3.63) is 44.6 Å². The number of benzene rings is 1.